The van der Waals surface area contributed by atoms with Gasteiger partial charge in [0.2, 0.25) is 0 Å². The van der Waals surface area contributed by atoms with Gasteiger partial charge in [-0.05, 0) is 0 Å². The molecule has 0 fully saturated rings. The summed E-state index contributed by atoms with van der Waals surface area (Å²) in [4.78, 5) is 9.88. The third-order valence-electron chi connectivity index (χ3n) is 1.45. The second-order valence-corrected chi connectivity index (χ2v) is 2.43. The van der Waals surface area contributed by atoms with Gasteiger partial charge < -0.3 is 4.79 Å². The third kappa shape index (κ3) is 5.55. The minimum Gasteiger partial charge on any atom is -0.376 e. The first-order valence-electron chi connectivity index (χ1n) is 4.03. The van der Waals surface area contributed by atoms with E-state index in [4.69, 9.17) is 0 Å². The van der Waals surface area contributed by atoms with Crippen LogP contribution in [0.15, 0.2) is 60.7 Å². The molecule has 2 rings (SSSR count). The molecule has 2 aromatic rings. The fourth-order valence-corrected chi connectivity index (χ4v) is 0.827. The van der Waals surface area contributed by atoms with E-state index in [9.17, 15) is 4.79 Å². The maximum Gasteiger partial charge on any atom is 2.00 e. The first kappa shape index (κ1) is 12.9. The summed E-state index contributed by atoms with van der Waals surface area (Å²) in [6, 6.07) is 18.9. The van der Waals surface area contributed by atoms with Crippen molar-refractivity contribution >= 4 is 6.29 Å². The van der Waals surface area contributed by atoms with Crippen LogP contribution in [0.3, 0.4) is 0 Å². The molecule has 0 aromatic heterocycles. The van der Waals surface area contributed by atoms with Crippen molar-refractivity contribution < 1.29 is 25.9 Å². The molecule has 0 heterocycles. The van der Waals surface area contributed by atoms with Crippen LogP contribution < -0.4 is 0 Å². The zero-order chi connectivity index (χ0) is 9.36. The predicted molar refractivity (Wildman–Crippen MR) is 53.3 cm³/mol. The van der Waals surface area contributed by atoms with Gasteiger partial charge in [0.1, 0.15) is 0 Å². The molecule has 0 aliphatic carbocycles. The van der Waals surface area contributed by atoms with Crippen molar-refractivity contribution in [1.29, 1.82) is 0 Å². The van der Waals surface area contributed by atoms with Crippen LogP contribution in [0.4, 0.5) is 0 Å². The Morgan fingerprint density at radius 2 is 1.50 bits per heavy atom. The Hall–Kier alpha value is -1.07. The van der Waals surface area contributed by atoms with Gasteiger partial charge in [-0.15, -0.1) is 12.1 Å². The van der Waals surface area contributed by atoms with Gasteiger partial charge in [0.15, 0.2) is 0 Å². The van der Waals surface area contributed by atoms with Gasteiger partial charge >= 0.3 is 21.1 Å². The summed E-state index contributed by atoms with van der Waals surface area (Å²) < 4.78 is 0. The molecule has 0 atom stereocenters. The van der Waals surface area contributed by atoms with Crippen LogP contribution in [0.5, 0.6) is 0 Å². The SMILES string of the molecule is O=[C-]c1ccccc1.[Mo+2].c1cc[cH-]c1. The molecule has 0 N–H and O–H groups in total. The fraction of sp³-hybridized carbons (Fsp3) is 0. The number of rotatable bonds is 1. The maximum atomic E-state index is 9.88. The Kier molecular flexibility index (Phi) is 7.87. The summed E-state index contributed by atoms with van der Waals surface area (Å²) in [6.45, 7) is 0. The predicted octanol–water partition coefficient (Wildman–Crippen LogP) is 2.55. The molecule has 14 heavy (non-hydrogen) atoms. The topological polar surface area (TPSA) is 17.1 Å². The van der Waals surface area contributed by atoms with Crippen LogP contribution in [0.25, 0.3) is 0 Å². The first-order chi connectivity index (χ1) is 6.43. The summed E-state index contributed by atoms with van der Waals surface area (Å²) in [5, 5.41) is 0. The van der Waals surface area contributed by atoms with E-state index in [0.29, 0.717) is 5.56 Å². The molecule has 0 aliphatic rings. The van der Waals surface area contributed by atoms with Crippen LogP contribution in [0.2, 0.25) is 0 Å². The number of hydrogen-bond acceptors (Lipinski definition) is 1. The summed E-state index contributed by atoms with van der Waals surface area (Å²) in [5.74, 6) is 0. The minimum absolute atomic E-state index is 0. The van der Waals surface area contributed by atoms with Gasteiger partial charge in [0.25, 0.3) is 0 Å². The van der Waals surface area contributed by atoms with E-state index in [0.717, 1.165) is 0 Å². The number of hydrogen-bond donors (Lipinski definition) is 0. The van der Waals surface area contributed by atoms with Crippen molar-refractivity contribution in [2.75, 3.05) is 0 Å². The van der Waals surface area contributed by atoms with Crippen LogP contribution in [0, 0.1) is 0 Å². The average Bonchev–Trinajstić information content (AvgIpc) is 2.77. The molecule has 0 saturated heterocycles. The molecular formula is C12H10MoO. The Morgan fingerprint density at radius 1 is 0.929 bits per heavy atom. The normalized spacial score (nSPS) is 7.71. The van der Waals surface area contributed by atoms with Crippen molar-refractivity contribution in [3.63, 3.8) is 0 Å². The minimum atomic E-state index is 0. The molecule has 2 heteroatoms. The third-order valence-corrected chi connectivity index (χ3v) is 1.45. The second kappa shape index (κ2) is 8.52. The van der Waals surface area contributed by atoms with Gasteiger partial charge in [-0.25, -0.2) is 12.1 Å². The van der Waals surface area contributed by atoms with Crippen molar-refractivity contribution in [1.82, 2.24) is 0 Å². The average molecular weight is 266 g/mol. The van der Waals surface area contributed by atoms with Gasteiger partial charge in [-0.2, -0.15) is 35.9 Å². The smallest absolute Gasteiger partial charge is 0.376 e. The van der Waals surface area contributed by atoms with Gasteiger partial charge in [0, 0.05) is 0 Å². The van der Waals surface area contributed by atoms with Crippen molar-refractivity contribution in [2.24, 2.45) is 0 Å². The zero-order valence-electron chi connectivity index (χ0n) is 7.59. The van der Waals surface area contributed by atoms with E-state index in [-0.39, 0.29) is 21.1 Å². The molecule has 0 spiro atoms. The molecule has 0 aliphatic heterocycles. The van der Waals surface area contributed by atoms with E-state index in [2.05, 4.69) is 0 Å². The molecule has 1 nitrogen and oxygen atoms in total. The molecule has 0 saturated carbocycles. The standard InChI is InChI=1S/C7H5O.C5H5.Mo/c8-6-7-4-2-1-3-5-7;1-2-4-5-3-1;/h1-5H;1-5H;/q2*-1;+2. The fourth-order valence-electron chi connectivity index (χ4n) is 0.827. The van der Waals surface area contributed by atoms with E-state index in [1.807, 2.05) is 36.4 Å². The Labute approximate surface area is 98.4 Å². The van der Waals surface area contributed by atoms with Crippen LogP contribution >= 0.6 is 0 Å². The Bertz CT molecular complexity index is 296. The summed E-state index contributed by atoms with van der Waals surface area (Å²) in [7, 11) is 0. The molecule has 0 bridgehead atoms. The van der Waals surface area contributed by atoms with Crippen molar-refractivity contribution in [3.8, 4) is 0 Å². The molecule has 70 valence electrons. The molecule has 2 aromatic carbocycles. The van der Waals surface area contributed by atoms with Crippen LogP contribution in [0.1, 0.15) is 5.56 Å². The van der Waals surface area contributed by atoms with E-state index in [1.54, 1.807) is 30.6 Å². The zero-order valence-corrected chi connectivity index (χ0v) is 9.60. The molecular weight excluding hydrogens is 256 g/mol. The first-order valence-corrected chi connectivity index (χ1v) is 4.03. The van der Waals surface area contributed by atoms with Crippen LogP contribution in [-0.2, 0) is 25.9 Å². The molecule has 0 radical (unpaired) electrons. The molecule has 0 unspecified atom stereocenters. The second-order valence-electron chi connectivity index (χ2n) is 2.43. The Balaban J connectivity index is 0.000000246. The largest absolute Gasteiger partial charge is 2.00 e. The van der Waals surface area contributed by atoms with E-state index >= 15 is 0 Å². The van der Waals surface area contributed by atoms with Gasteiger partial charge in [0.05, 0.1) is 6.29 Å². The Morgan fingerprint density at radius 3 is 1.79 bits per heavy atom. The van der Waals surface area contributed by atoms with Crippen molar-refractivity contribution in [2.45, 2.75) is 0 Å². The van der Waals surface area contributed by atoms with Gasteiger partial charge in [-0.1, -0.05) is 6.07 Å². The number of carbonyl (C=O) groups excluding carboxylic acids is 1. The van der Waals surface area contributed by atoms with Gasteiger partial charge in [-0.3, -0.25) is 0 Å². The van der Waals surface area contributed by atoms with Crippen LogP contribution in [-0.4, -0.2) is 6.29 Å². The summed E-state index contributed by atoms with van der Waals surface area (Å²) in [5.41, 5.74) is 0.604. The van der Waals surface area contributed by atoms with E-state index < -0.39 is 0 Å². The van der Waals surface area contributed by atoms with Crippen molar-refractivity contribution in [3.05, 3.63) is 66.2 Å². The maximum absolute atomic E-state index is 9.88. The molecule has 0 amide bonds. The monoisotopic (exact) mass is 268 g/mol. The number of benzene rings is 1. The quantitative estimate of drug-likeness (QED) is 0.572. The summed E-state index contributed by atoms with van der Waals surface area (Å²) in [6.07, 6.45) is 1.78. The summed E-state index contributed by atoms with van der Waals surface area (Å²) >= 11 is 0. The van der Waals surface area contributed by atoms with E-state index in [1.165, 1.54) is 0 Å².